The van der Waals surface area contributed by atoms with Gasteiger partial charge in [-0.25, -0.2) is 8.93 Å². The maximum absolute atomic E-state index is 12.5. The lowest BCUT2D eigenvalue weighted by Gasteiger charge is -2.37. The molecule has 0 aliphatic heterocycles. The fourth-order valence-electron chi connectivity index (χ4n) is 1.58. The van der Waals surface area contributed by atoms with Crippen LogP contribution < -0.4 is 4.72 Å². The first kappa shape index (κ1) is 20.5. The number of nitrogens with zero attached hydrogens (tertiary/aromatic N) is 1. The van der Waals surface area contributed by atoms with Gasteiger partial charge in [0.05, 0.1) is 34.1 Å². The van der Waals surface area contributed by atoms with Crippen LogP contribution in [0, 0.1) is 0 Å². The van der Waals surface area contributed by atoms with Crippen molar-refractivity contribution in [2.24, 2.45) is 0 Å². The molecule has 1 rings (SSSR count). The van der Waals surface area contributed by atoms with Gasteiger partial charge in [0.25, 0.3) is 0 Å². The summed E-state index contributed by atoms with van der Waals surface area (Å²) in [4.78, 5) is 4.42. The van der Waals surface area contributed by atoms with Gasteiger partial charge in [0.15, 0.2) is 8.32 Å². The minimum Gasteiger partial charge on any atom is -0.415 e. The maximum atomic E-state index is 12.5. The number of rotatable bonds is 6. The van der Waals surface area contributed by atoms with Crippen molar-refractivity contribution >= 4 is 19.3 Å². The molecular weight excluding hydrogens is 324 g/mol. The van der Waals surface area contributed by atoms with Crippen molar-refractivity contribution in [1.82, 2.24) is 9.71 Å². The van der Waals surface area contributed by atoms with Crippen LogP contribution in [0.3, 0.4) is 0 Å². The number of hydrogen-bond donors (Lipinski definition) is 1. The summed E-state index contributed by atoms with van der Waals surface area (Å²) in [5, 5.41) is 0.144. The van der Waals surface area contributed by atoms with Crippen molar-refractivity contribution in [3.8, 4) is 0 Å². The van der Waals surface area contributed by atoms with Crippen LogP contribution in [0.1, 0.15) is 53.3 Å². The van der Waals surface area contributed by atoms with E-state index in [4.69, 9.17) is 4.43 Å². The summed E-state index contributed by atoms with van der Waals surface area (Å²) >= 11 is 0. The van der Waals surface area contributed by atoms with Crippen LogP contribution in [0.25, 0.3) is 0 Å². The van der Waals surface area contributed by atoms with Crippen molar-refractivity contribution in [2.45, 2.75) is 70.5 Å². The first-order chi connectivity index (χ1) is 10.3. The Bertz CT molecular complexity index is 522. The van der Waals surface area contributed by atoms with Gasteiger partial charge < -0.3 is 4.43 Å². The third kappa shape index (κ3) is 6.10. The Labute approximate surface area is 145 Å². The smallest absolute Gasteiger partial charge is 0.192 e. The second kappa shape index (κ2) is 7.55. The van der Waals surface area contributed by atoms with E-state index in [0.29, 0.717) is 6.61 Å². The van der Waals surface area contributed by atoms with Crippen LogP contribution in [0.5, 0.6) is 0 Å². The van der Waals surface area contributed by atoms with Crippen molar-refractivity contribution in [1.29, 1.82) is 0 Å². The maximum Gasteiger partial charge on any atom is 0.192 e. The highest BCUT2D eigenvalue weighted by atomic mass is 32.2. The fraction of sp³-hybridized carbons (Fsp3) is 0.706. The van der Waals surface area contributed by atoms with Crippen LogP contribution in [0.4, 0.5) is 0 Å². The quantitative estimate of drug-likeness (QED) is 0.777. The van der Waals surface area contributed by atoms with Gasteiger partial charge in [-0.05, 0) is 51.0 Å². The van der Waals surface area contributed by atoms with Gasteiger partial charge in [-0.2, -0.15) is 0 Å². The van der Waals surface area contributed by atoms with Gasteiger partial charge in [-0.1, -0.05) is 26.8 Å². The molecule has 6 heteroatoms. The van der Waals surface area contributed by atoms with E-state index in [2.05, 4.69) is 43.6 Å². The highest BCUT2D eigenvalue weighted by molar-refractivity contribution is 7.84. The topological polar surface area (TPSA) is 51.2 Å². The minimum absolute atomic E-state index is 0.144. The number of aromatic nitrogens is 1. The molecule has 0 bridgehead atoms. The third-order valence-corrected chi connectivity index (χ3v) is 10.4. The van der Waals surface area contributed by atoms with E-state index < -0.39 is 19.3 Å². The normalized spacial score (nSPS) is 16.2. The molecule has 0 aromatic carbocycles. The molecule has 1 unspecified atom stereocenters. The Morgan fingerprint density at radius 2 is 1.83 bits per heavy atom. The molecule has 2 atom stereocenters. The molecule has 0 aliphatic carbocycles. The van der Waals surface area contributed by atoms with E-state index in [-0.39, 0.29) is 15.8 Å². The summed E-state index contributed by atoms with van der Waals surface area (Å²) in [5.41, 5.74) is 0.865. The van der Waals surface area contributed by atoms with E-state index in [9.17, 15) is 4.21 Å². The van der Waals surface area contributed by atoms with Gasteiger partial charge >= 0.3 is 0 Å². The molecule has 0 saturated heterocycles. The molecule has 23 heavy (non-hydrogen) atoms. The average Bonchev–Trinajstić information content (AvgIpc) is 2.41. The van der Waals surface area contributed by atoms with E-state index >= 15 is 0 Å². The van der Waals surface area contributed by atoms with Gasteiger partial charge in [0, 0.05) is 6.20 Å². The van der Waals surface area contributed by atoms with Crippen LogP contribution in [-0.4, -0.2) is 28.9 Å². The van der Waals surface area contributed by atoms with Gasteiger partial charge in [0.2, 0.25) is 0 Å². The lowest BCUT2D eigenvalue weighted by molar-refractivity contribution is 0.255. The highest BCUT2D eigenvalue weighted by Crippen LogP contribution is 2.37. The van der Waals surface area contributed by atoms with Gasteiger partial charge in [-0.3, -0.25) is 4.98 Å². The lowest BCUT2D eigenvalue weighted by Crippen LogP contribution is -2.44. The van der Waals surface area contributed by atoms with Crippen molar-refractivity contribution < 1.29 is 8.63 Å². The Morgan fingerprint density at radius 3 is 2.26 bits per heavy atom. The minimum atomic E-state index is -1.86. The molecule has 0 aliphatic rings. The summed E-state index contributed by atoms with van der Waals surface area (Å²) in [6.07, 6.45) is 1.76. The van der Waals surface area contributed by atoms with E-state index in [1.807, 2.05) is 39.0 Å². The SMILES string of the molecule is CC(C)(C)S(=O)N[C@@H](CO[Si](C)(C)C(C)(C)C)c1ccccn1. The van der Waals surface area contributed by atoms with Gasteiger partial charge in [0.1, 0.15) is 0 Å². The average molecular weight is 357 g/mol. The summed E-state index contributed by atoms with van der Waals surface area (Å²) in [5.74, 6) is 0. The Balaban J connectivity index is 2.92. The summed E-state index contributed by atoms with van der Waals surface area (Å²) in [7, 11) is -3.04. The molecule has 1 N–H and O–H groups in total. The van der Waals surface area contributed by atoms with Crippen LogP contribution in [0.2, 0.25) is 18.1 Å². The Hall–Kier alpha value is -0.563. The molecular formula is C17H32N2O2SSi. The van der Waals surface area contributed by atoms with Crippen molar-refractivity contribution in [3.63, 3.8) is 0 Å². The molecule has 0 saturated carbocycles. The van der Waals surface area contributed by atoms with E-state index in [0.717, 1.165) is 5.69 Å². The first-order valence-electron chi connectivity index (χ1n) is 8.07. The van der Waals surface area contributed by atoms with E-state index in [1.54, 1.807) is 6.20 Å². The molecule has 0 radical (unpaired) electrons. The zero-order chi connectivity index (χ0) is 17.9. The molecule has 132 valence electrons. The van der Waals surface area contributed by atoms with Crippen LogP contribution in [0.15, 0.2) is 24.4 Å². The molecule has 0 fully saturated rings. The summed E-state index contributed by atoms with van der Waals surface area (Å²) < 4.78 is 21.7. The molecule has 4 nitrogen and oxygen atoms in total. The van der Waals surface area contributed by atoms with Crippen LogP contribution in [-0.2, 0) is 15.4 Å². The fourth-order valence-corrected chi connectivity index (χ4v) is 3.39. The second-order valence-electron chi connectivity index (χ2n) is 8.38. The summed E-state index contributed by atoms with van der Waals surface area (Å²) in [6, 6.07) is 5.61. The van der Waals surface area contributed by atoms with Crippen molar-refractivity contribution in [3.05, 3.63) is 30.1 Å². The third-order valence-electron chi connectivity index (χ3n) is 4.27. The zero-order valence-corrected chi connectivity index (χ0v) is 17.6. The molecule has 1 aromatic rings. The molecule has 1 aromatic heterocycles. The molecule has 0 amide bonds. The lowest BCUT2D eigenvalue weighted by atomic mass is 10.2. The predicted molar refractivity (Wildman–Crippen MR) is 101 cm³/mol. The van der Waals surface area contributed by atoms with Crippen molar-refractivity contribution in [2.75, 3.05) is 6.61 Å². The molecule has 0 spiro atoms. The number of hydrogen-bond acceptors (Lipinski definition) is 3. The van der Waals surface area contributed by atoms with Crippen LogP contribution >= 0.6 is 0 Å². The predicted octanol–water partition coefficient (Wildman–Crippen LogP) is 4.20. The zero-order valence-electron chi connectivity index (χ0n) is 15.8. The summed E-state index contributed by atoms with van der Waals surface area (Å²) in [6.45, 7) is 17.5. The largest absolute Gasteiger partial charge is 0.415 e. The highest BCUT2D eigenvalue weighted by Gasteiger charge is 2.38. The Morgan fingerprint density at radius 1 is 1.22 bits per heavy atom. The first-order valence-corrected chi connectivity index (χ1v) is 12.1. The van der Waals surface area contributed by atoms with Gasteiger partial charge in [-0.15, -0.1) is 0 Å². The monoisotopic (exact) mass is 356 g/mol. The molecule has 1 heterocycles. The number of pyridine rings is 1. The standard InChI is InChI=1S/C17H32N2O2SSi/c1-16(2,3)22(20)19-15(14-11-9-10-12-18-14)13-21-23(7,8)17(4,5)6/h9-12,15,19H,13H2,1-8H3/t15-,22?/m0/s1. The second-order valence-corrected chi connectivity index (χ2v) is 15.2. The van der Waals surface area contributed by atoms with E-state index in [1.165, 1.54) is 0 Å². The number of nitrogens with one attached hydrogen (secondary N) is 1. The Kier molecular flexibility index (Phi) is 6.72.